The smallest absolute Gasteiger partial charge is 0.314 e. The first-order valence-electron chi connectivity index (χ1n) is 12.1. The van der Waals surface area contributed by atoms with E-state index in [2.05, 4.69) is 121 Å². The van der Waals surface area contributed by atoms with Gasteiger partial charge in [-0.1, -0.05) is 134 Å². The van der Waals surface area contributed by atoms with E-state index >= 15 is 0 Å². The van der Waals surface area contributed by atoms with Gasteiger partial charge >= 0.3 is 8.25 Å². The van der Waals surface area contributed by atoms with Gasteiger partial charge in [-0.25, -0.2) is 9.67 Å². The maximum absolute atomic E-state index is 8.74. The van der Waals surface area contributed by atoms with E-state index in [1.165, 1.54) is 12.8 Å². The second-order valence-corrected chi connectivity index (χ2v) is 10.2. The van der Waals surface area contributed by atoms with Gasteiger partial charge in [-0.2, -0.15) is 5.10 Å². The van der Waals surface area contributed by atoms with Crippen LogP contribution in [0, 0.1) is 5.92 Å². The zero-order chi connectivity index (χ0) is 26.0. The van der Waals surface area contributed by atoms with Gasteiger partial charge in [-0.05, 0) is 29.0 Å². The van der Waals surface area contributed by atoms with Crippen LogP contribution >= 0.6 is 24.2 Å². The maximum Gasteiger partial charge on any atom is 0.314 e. The molecule has 6 nitrogen and oxygen atoms in total. The second kappa shape index (κ2) is 13.7. The van der Waals surface area contributed by atoms with Crippen LogP contribution in [-0.2, 0) is 10.1 Å². The van der Waals surface area contributed by atoms with Crippen molar-refractivity contribution in [3.05, 3.63) is 120 Å². The van der Waals surface area contributed by atoms with Crippen LogP contribution in [0.3, 0.4) is 0 Å². The minimum atomic E-state index is -3.13. The summed E-state index contributed by atoms with van der Waals surface area (Å²) in [5.74, 6) is 1.50. The predicted molar refractivity (Wildman–Crippen MR) is 148 cm³/mol. The monoisotopic (exact) mass is 569 g/mol. The first kappa shape index (κ1) is 28.0. The molecule has 2 N–H and O–H groups in total. The zero-order valence-corrected chi connectivity index (χ0v) is 23.1. The Bertz CT molecular complexity index is 1100. The maximum atomic E-state index is 8.74. The summed E-state index contributed by atoms with van der Waals surface area (Å²) in [6.45, 7) is 4.51. The van der Waals surface area contributed by atoms with Crippen molar-refractivity contribution >= 4 is 24.2 Å². The summed E-state index contributed by atoms with van der Waals surface area (Å²) >= 11 is 3.88. The van der Waals surface area contributed by atoms with Gasteiger partial charge in [0.2, 0.25) is 0 Å². The van der Waals surface area contributed by atoms with Crippen LogP contribution in [0.15, 0.2) is 97.3 Å². The molecular weight excluding hydrogens is 537 g/mol. The summed E-state index contributed by atoms with van der Waals surface area (Å²) in [5, 5.41) is 5.09. The average molecular weight is 570 g/mol. The van der Waals surface area contributed by atoms with Crippen molar-refractivity contribution in [3.63, 3.8) is 0 Å². The van der Waals surface area contributed by atoms with E-state index in [9.17, 15) is 0 Å². The van der Waals surface area contributed by atoms with E-state index in [4.69, 9.17) is 24.4 Å². The third-order valence-electron chi connectivity index (χ3n) is 6.40. The highest BCUT2D eigenvalue weighted by atomic mass is 79.9. The third kappa shape index (κ3) is 6.60. The SMILES string of the molecule is CCC(CC)CC(Br)c1ncn(C(c2ccccc2)(c2ccccc2)c2ccccc2)n1.O=[PH](O)O. The number of halogens is 1. The summed E-state index contributed by atoms with van der Waals surface area (Å²) < 4.78 is 10.8. The van der Waals surface area contributed by atoms with Crippen molar-refractivity contribution in [1.29, 1.82) is 0 Å². The topological polar surface area (TPSA) is 88.2 Å². The fourth-order valence-corrected chi connectivity index (χ4v) is 5.27. The predicted octanol–water partition coefficient (Wildman–Crippen LogP) is 6.74. The molecule has 4 rings (SSSR count). The van der Waals surface area contributed by atoms with Crippen LogP contribution in [0.5, 0.6) is 0 Å². The number of nitrogens with zero attached hydrogens (tertiary/aromatic N) is 3. The molecule has 36 heavy (non-hydrogen) atoms. The molecule has 0 bridgehead atoms. The molecule has 0 radical (unpaired) electrons. The molecule has 0 saturated carbocycles. The van der Waals surface area contributed by atoms with Crippen LogP contribution in [0.25, 0.3) is 0 Å². The molecular formula is C28H33BrN3O3P. The highest BCUT2D eigenvalue weighted by Crippen LogP contribution is 2.41. The van der Waals surface area contributed by atoms with Gasteiger partial charge in [0.1, 0.15) is 11.9 Å². The molecule has 0 spiro atoms. The molecule has 4 aromatic rings. The third-order valence-corrected chi connectivity index (χ3v) is 7.19. The highest BCUT2D eigenvalue weighted by Gasteiger charge is 2.40. The molecule has 0 amide bonds. The fraction of sp³-hybridized carbons (Fsp3) is 0.286. The van der Waals surface area contributed by atoms with Crippen molar-refractivity contribution in [2.24, 2.45) is 5.92 Å². The van der Waals surface area contributed by atoms with Crippen LogP contribution in [0.4, 0.5) is 0 Å². The fourth-order valence-electron chi connectivity index (χ4n) is 4.54. The van der Waals surface area contributed by atoms with Crippen LogP contribution in [0.2, 0.25) is 0 Å². The van der Waals surface area contributed by atoms with Gasteiger partial charge in [-0.15, -0.1) is 0 Å². The summed E-state index contributed by atoms with van der Waals surface area (Å²) in [7, 11) is -3.13. The van der Waals surface area contributed by atoms with E-state index in [-0.39, 0.29) is 4.83 Å². The summed E-state index contributed by atoms with van der Waals surface area (Å²) in [6, 6.07) is 31.8. The van der Waals surface area contributed by atoms with Gasteiger partial charge in [0.25, 0.3) is 0 Å². The molecule has 190 valence electrons. The van der Waals surface area contributed by atoms with Crippen molar-refractivity contribution in [3.8, 4) is 0 Å². The molecule has 8 heteroatoms. The molecule has 0 fully saturated rings. The molecule has 1 aromatic heterocycles. The molecule has 0 aliphatic rings. The van der Waals surface area contributed by atoms with Crippen molar-refractivity contribution < 1.29 is 14.4 Å². The van der Waals surface area contributed by atoms with Gasteiger partial charge in [0, 0.05) is 0 Å². The Morgan fingerprint density at radius 2 is 1.22 bits per heavy atom. The molecule has 0 aliphatic heterocycles. The highest BCUT2D eigenvalue weighted by molar-refractivity contribution is 9.09. The molecule has 1 unspecified atom stereocenters. The van der Waals surface area contributed by atoms with Crippen LogP contribution in [0.1, 0.15) is 60.5 Å². The Morgan fingerprint density at radius 1 is 0.833 bits per heavy atom. The zero-order valence-electron chi connectivity index (χ0n) is 20.5. The Balaban J connectivity index is 0.000000840. The minimum Gasteiger partial charge on any atom is -0.326 e. The first-order chi connectivity index (χ1) is 17.4. The van der Waals surface area contributed by atoms with Gasteiger partial charge in [-0.3, -0.25) is 4.57 Å². The summed E-state index contributed by atoms with van der Waals surface area (Å²) in [5.41, 5.74) is 2.84. The molecule has 0 saturated heterocycles. The lowest BCUT2D eigenvalue weighted by Crippen LogP contribution is -2.38. The Morgan fingerprint density at radius 3 is 1.58 bits per heavy atom. The lowest BCUT2D eigenvalue weighted by molar-refractivity contribution is 0.405. The molecule has 0 aliphatic carbocycles. The normalized spacial score (nSPS) is 12.3. The van der Waals surface area contributed by atoms with E-state index < -0.39 is 13.8 Å². The average Bonchev–Trinajstić information content (AvgIpc) is 3.40. The van der Waals surface area contributed by atoms with Crippen molar-refractivity contribution in [2.45, 2.75) is 43.5 Å². The quantitative estimate of drug-likeness (QED) is 0.132. The second-order valence-electron chi connectivity index (χ2n) is 8.52. The Labute approximate surface area is 222 Å². The number of hydrogen-bond acceptors (Lipinski definition) is 3. The standard InChI is InChI=1S/C28H30BrN3.H3O3P/c1-3-22(4-2)20-26(29)27-30-21-32(31-27)28(23-14-8-5-9-15-23,24-16-10-6-11-17-24)25-18-12-7-13-19-25;1-4(2)3/h5-19,21-22,26H,3-4,20H2,1-2H3;4H,(H2,1,2,3). The van der Waals surface area contributed by atoms with Crippen molar-refractivity contribution in [1.82, 2.24) is 14.8 Å². The van der Waals surface area contributed by atoms with E-state index in [0.717, 1.165) is 28.9 Å². The number of rotatable bonds is 9. The van der Waals surface area contributed by atoms with Gasteiger partial charge in [0.15, 0.2) is 5.82 Å². The number of aromatic nitrogens is 3. The Kier molecular flexibility index (Phi) is 10.6. The van der Waals surface area contributed by atoms with E-state index in [1.54, 1.807) is 0 Å². The van der Waals surface area contributed by atoms with Crippen molar-refractivity contribution in [2.75, 3.05) is 0 Å². The van der Waals surface area contributed by atoms with E-state index in [1.807, 2.05) is 11.0 Å². The lowest BCUT2D eigenvalue weighted by atomic mass is 9.77. The largest absolute Gasteiger partial charge is 0.326 e. The van der Waals surface area contributed by atoms with E-state index in [0.29, 0.717) is 5.92 Å². The summed E-state index contributed by atoms with van der Waals surface area (Å²) in [6.07, 6.45) is 5.26. The van der Waals surface area contributed by atoms with Gasteiger partial charge < -0.3 is 9.79 Å². The number of alkyl halides is 1. The lowest BCUT2D eigenvalue weighted by Gasteiger charge is -2.35. The minimum absolute atomic E-state index is 0.133. The van der Waals surface area contributed by atoms with Crippen LogP contribution in [-0.4, -0.2) is 24.6 Å². The first-order valence-corrected chi connectivity index (χ1v) is 14.3. The Hall–Kier alpha value is -2.57. The summed E-state index contributed by atoms with van der Waals surface area (Å²) in [4.78, 5) is 19.2. The molecule has 3 aromatic carbocycles. The van der Waals surface area contributed by atoms with Crippen LogP contribution < -0.4 is 0 Å². The molecule has 1 heterocycles. The molecule has 1 atom stereocenters. The number of benzene rings is 3. The van der Waals surface area contributed by atoms with Gasteiger partial charge in [0.05, 0.1) is 4.83 Å². The number of hydrogen-bond donors (Lipinski definition) is 2.